The van der Waals surface area contributed by atoms with Crippen molar-refractivity contribution in [1.29, 1.82) is 0 Å². The number of hydrogen-bond donors (Lipinski definition) is 2. The van der Waals surface area contributed by atoms with Crippen molar-refractivity contribution in [3.8, 4) is 0 Å². The van der Waals surface area contributed by atoms with Gasteiger partial charge >= 0.3 is 0 Å². The number of nitro groups is 1. The minimum absolute atomic E-state index is 0.0362. The third kappa shape index (κ3) is 2.97. The molecule has 0 radical (unpaired) electrons. The maximum atomic E-state index is 10.7. The van der Waals surface area contributed by atoms with Crippen LogP contribution >= 0.6 is 0 Å². The van der Waals surface area contributed by atoms with Gasteiger partial charge in [0.15, 0.2) is 0 Å². The highest BCUT2D eigenvalue weighted by Crippen LogP contribution is 2.41. The first-order chi connectivity index (χ1) is 9.06. The van der Waals surface area contributed by atoms with Gasteiger partial charge in [-0.1, -0.05) is 19.8 Å². The summed E-state index contributed by atoms with van der Waals surface area (Å²) in [5.41, 5.74) is 7.51. The smallest absolute Gasteiger partial charge is 0.271 e. The summed E-state index contributed by atoms with van der Waals surface area (Å²) in [6.45, 7) is 3.12. The second-order valence-corrected chi connectivity index (χ2v) is 5.44. The van der Waals surface area contributed by atoms with Crippen LogP contribution in [0.15, 0.2) is 18.2 Å². The van der Waals surface area contributed by atoms with E-state index in [-0.39, 0.29) is 5.69 Å². The third-order valence-corrected chi connectivity index (χ3v) is 4.31. The topological polar surface area (TPSA) is 81.2 Å². The van der Waals surface area contributed by atoms with Crippen LogP contribution in [0.25, 0.3) is 0 Å². The molecule has 0 aromatic heterocycles. The van der Waals surface area contributed by atoms with Crippen molar-refractivity contribution in [2.45, 2.75) is 39.0 Å². The van der Waals surface area contributed by atoms with E-state index < -0.39 is 4.92 Å². The number of nitrogen functional groups attached to an aromatic ring is 1. The molecule has 1 saturated carbocycles. The zero-order valence-electron chi connectivity index (χ0n) is 11.3. The van der Waals surface area contributed by atoms with E-state index in [9.17, 15) is 10.1 Å². The van der Waals surface area contributed by atoms with E-state index in [0.717, 1.165) is 18.7 Å². The Balaban J connectivity index is 2.05. The van der Waals surface area contributed by atoms with Gasteiger partial charge in [-0.25, -0.2) is 0 Å². The summed E-state index contributed by atoms with van der Waals surface area (Å²) in [5.74, 6) is 0. The lowest BCUT2D eigenvalue weighted by Crippen LogP contribution is -2.26. The highest BCUT2D eigenvalue weighted by atomic mass is 16.6. The number of rotatable bonds is 5. The van der Waals surface area contributed by atoms with Gasteiger partial charge < -0.3 is 11.1 Å². The average Bonchev–Trinajstić information content (AvgIpc) is 2.86. The second kappa shape index (κ2) is 5.47. The Bertz CT molecular complexity index is 468. The quantitative estimate of drug-likeness (QED) is 0.483. The summed E-state index contributed by atoms with van der Waals surface area (Å²) in [6.07, 6.45) is 6.26. The van der Waals surface area contributed by atoms with E-state index in [1.54, 1.807) is 6.07 Å². The lowest BCUT2D eigenvalue weighted by molar-refractivity contribution is -0.384. The average molecular weight is 263 g/mol. The summed E-state index contributed by atoms with van der Waals surface area (Å²) in [6, 6.07) is 4.60. The summed E-state index contributed by atoms with van der Waals surface area (Å²) >= 11 is 0. The predicted octanol–water partition coefficient (Wildman–Crippen LogP) is 3.56. The number of nitrogens with zero attached hydrogens (tertiary/aromatic N) is 1. The molecule has 5 nitrogen and oxygen atoms in total. The van der Waals surface area contributed by atoms with Crippen molar-refractivity contribution in [2.75, 3.05) is 17.6 Å². The van der Waals surface area contributed by atoms with Crippen molar-refractivity contribution >= 4 is 17.1 Å². The number of anilines is 2. The summed E-state index contributed by atoms with van der Waals surface area (Å²) in [7, 11) is 0. The van der Waals surface area contributed by atoms with E-state index in [1.165, 1.54) is 37.8 Å². The minimum Gasteiger partial charge on any atom is -0.397 e. The molecule has 0 saturated heterocycles. The van der Waals surface area contributed by atoms with Gasteiger partial charge in [-0.2, -0.15) is 0 Å². The molecule has 2 rings (SSSR count). The summed E-state index contributed by atoms with van der Waals surface area (Å²) in [5, 5.41) is 14.0. The van der Waals surface area contributed by atoms with Gasteiger partial charge in [-0.3, -0.25) is 10.1 Å². The van der Waals surface area contributed by atoms with Crippen molar-refractivity contribution in [1.82, 2.24) is 0 Å². The lowest BCUT2D eigenvalue weighted by atomic mass is 9.83. The van der Waals surface area contributed by atoms with Gasteiger partial charge in [0.05, 0.1) is 16.3 Å². The molecule has 0 spiro atoms. The van der Waals surface area contributed by atoms with Gasteiger partial charge in [-0.15, -0.1) is 0 Å². The maximum Gasteiger partial charge on any atom is 0.271 e. The normalized spacial score (nSPS) is 17.3. The van der Waals surface area contributed by atoms with Crippen LogP contribution in [0.5, 0.6) is 0 Å². The molecular weight excluding hydrogens is 242 g/mol. The van der Waals surface area contributed by atoms with Gasteiger partial charge in [0.1, 0.15) is 0 Å². The molecule has 104 valence electrons. The minimum atomic E-state index is -0.426. The molecule has 1 fully saturated rings. The highest BCUT2D eigenvalue weighted by molar-refractivity contribution is 5.69. The first-order valence-electron chi connectivity index (χ1n) is 6.84. The molecule has 3 N–H and O–H groups in total. The molecule has 1 aromatic carbocycles. The van der Waals surface area contributed by atoms with E-state index in [2.05, 4.69) is 12.2 Å². The molecule has 0 aliphatic heterocycles. The first kappa shape index (κ1) is 13.6. The van der Waals surface area contributed by atoms with Crippen LogP contribution in [0, 0.1) is 15.5 Å². The van der Waals surface area contributed by atoms with Crippen LogP contribution in [-0.2, 0) is 0 Å². The van der Waals surface area contributed by atoms with Gasteiger partial charge in [-0.05, 0) is 30.7 Å². The fourth-order valence-corrected chi connectivity index (χ4v) is 2.89. The van der Waals surface area contributed by atoms with Gasteiger partial charge in [0.25, 0.3) is 5.69 Å². The molecule has 0 amide bonds. The fraction of sp³-hybridized carbons (Fsp3) is 0.571. The van der Waals surface area contributed by atoms with Crippen molar-refractivity contribution < 1.29 is 4.92 Å². The standard InChI is InChI=1S/C14H21N3O2/c1-2-14(7-3-4-8-14)10-16-13-6-5-11(17(18)19)9-12(13)15/h5-6,9,16H,2-4,7-8,10,15H2,1H3. The van der Waals surface area contributed by atoms with E-state index in [4.69, 9.17) is 5.73 Å². The fourth-order valence-electron chi connectivity index (χ4n) is 2.89. The Hall–Kier alpha value is -1.78. The number of non-ortho nitro benzene ring substituents is 1. The zero-order valence-corrected chi connectivity index (χ0v) is 11.3. The largest absolute Gasteiger partial charge is 0.397 e. The highest BCUT2D eigenvalue weighted by Gasteiger charge is 2.31. The number of hydrogen-bond acceptors (Lipinski definition) is 4. The Morgan fingerprint density at radius 3 is 2.63 bits per heavy atom. The van der Waals surface area contributed by atoms with Crippen LogP contribution < -0.4 is 11.1 Å². The lowest BCUT2D eigenvalue weighted by Gasteiger charge is -2.28. The Labute approximate surface area is 113 Å². The van der Waals surface area contributed by atoms with Crippen LogP contribution in [0.4, 0.5) is 17.1 Å². The number of nitrogens with two attached hydrogens (primary N) is 1. The number of nitrogens with one attached hydrogen (secondary N) is 1. The van der Waals surface area contributed by atoms with Crippen molar-refractivity contribution in [3.05, 3.63) is 28.3 Å². The molecule has 0 unspecified atom stereocenters. The molecule has 19 heavy (non-hydrogen) atoms. The molecule has 1 aromatic rings. The van der Waals surface area contributed by atoms with Crippen LogP contribution in [0.1, 0.15) is 39.0 Å². The summed E-state index contributed by atoms with van der Waals surface area (Å²) < 4.78 is 0. The van der Waals surface area contributed by atoms with Crippen LogP contribution in [-0.4, -0.2) is 11.5 Å². The third-order valence-electron chi connectivity index (χ3n) is 4.31. The Morgan fingerprint density at radius 1 is 1.42 bits per heavy atom. The molecule has 0 heterocycles. The van der Waals surface area contributed by atoms with E-state index in [1.807, 2.05) is 0 Å². The van der Waals surface area contributed by atoms with Gasteiger partial charge in [0, 0.05) is 18.7 Å². The Kier molecular flexibility index (Phi) is 3.93. The number of benzene rings is 1. The molecular formula is C14H21N3O2. The van der Waals surface area contributed by atoms with Crippen LogP contribution in [0.2, 0.25) is 0 Å². The molecule has 5 heteroatoms. The molecule has 1 aliphatic rings. The predicted molar refractivity (Wildman–Crippen MR) is 77.2 cm³/mol. The number of nitro benzene ring substituents is 1. The van der Waals surface area contributed by atoms with E-state index >= 15 is 0 Å². The molecule has 0 bridgehead atoms. The SMILES string of the molecule is CCC1(CNc2ccc([N+](=O)[O-])cc2N)CCCC1. The molecule has 1 aliphatic carbocycles. The van der Waals surface area contributed by atoms with E-state index in [0.29, 0.717) is 11.1 Å². The second-order valence-electron chi connectivity index (χ2n) is 5.44. The monoisotopic (exact) mass is 263 g/mol. The Morgan fingerprint density at radius 2 is 2.11 bits per heavy atom. The zero-order chi connectivity index (χ0) is 13.9. The van der Waals surface area contributed by atoms with Crippen molar-refractivity contribution in [2.24, 2.45) is 5.41 Å². The van der Waals surface area contributed by atoms with Gasteiger partial charge in [0.2, 0.25) is 0 Å². The summed E-state index contributed by atoms with van der Waals surface area (Å²) in [4.78, 5) is 10.2. The maximum absolute atomic E-state index is 10.7. The van der Waals surface area contributed by atoms with Crippen molar-refractivity contribution in [3.63, 3.8) is 0 Å². The first-order valence-corrected chi connectivity index (χ1v) is 6.84. The van der Waals surface area contributed by atoms with Crippen LogP contribution in [0.3, 0.4) is 0 Å². The molecule has 0 atom stereocenters.